The van der Waals surface area contributed by atoms with Gasteiger partial charge in [0.1, 0.15) is 0 Å². The van der Waals surface area contributed by atoms with Crippen LogP contribution in [0.25, 0.3) is 10.9 Å². The van der Waals surface area contributed by atoms with E-state index in [0.29, 0.717) is 13.1 Å². The van der Waals surface area contributed by atoms with Gasteiger partial charge in [0.05, 0.1) is 12.1 Å². The van der Waals surface area contributed by atoms with Crippen LogP contribution in [0, 0.1) is 0 Å². The number of fused-ring (bicyclic) bond motifs is 1. The number of aromatic amines is 1. The third kappa shape index (κ3) is 3.67. The summed E-state index contributed by atoms with van der Waals surface area (Å²) in [6.07, 6.45) is 4.77. The molecule has 1 aromatic carbocycles. The molecule has 0 bridgehead atoms. The zero-order valence-electron chi connectivity index (χ0n) is 13.9. The number of nitrogens with zero attached hydrogens (tertiary/aromatic N) is 1. The molecule has 1 aliphatic rings. The van der Waals surface area contributed by atoms with Gasteiger partial charge in [-0.15, -0.1) is 0 Å². The molecule has 1 fully saturated rings. The number of rotatable bonds is 4. The Morgan fingerprint density at radius 1 is 1.43 bits per heavy atom. The third-order valence-corrected chi connectivity index (χ3v) is 4.75. The Hall–Kier alpha value is -2.01. The molecule has 5 nitrogen and oxygen atoms in total. The highest BCUT2D eigenvalue weighted by Crippen LogP contribution is 2.23. The number of carbonyl (C=O) groups is 1. The van der Waals surface area contributed by atoms with E-state index in [2.05, 4.69) is 41.5 Å². The summed E-state index contributed by atoms with van der Waals surface area (Å²) < 4.78 is 5.54. The first kappa shape index (κ1) is 15.9. The molecule has 0 spiro atoms. The Bertz CT molecular complexity index is 682. The Labute approximate surface area is 137 Å². The Morgan fingerprint density at radius 2 is 2.30 bits per heavy atom. The molecular weight excluding hydrogens is 290 g/mol. The number of urea groups is 1. The van der Waals surface area contributed by atoms with Crippen LogP contribution in [0.4, 0.5) is 4.79 Å². The van der Waals surface area contributed by atoms with E-state index in [1.54, 1.807) is 7.11 Å². The molecule has 3 rings (SSSR count). The zero-order chi connectivity index (χ0) is 16.3. The SMILES string of the molecule is CO[C@@]1(C)CCCN(C(=O)NCCc2ccc3[nH]ccc3c2)C1. The van der Waals surface area contributed by atoms with Gasteiger partial charge in [-0.2, -0.15) is 0 Å². The van der Waals surface area contributed by atoms with E-state index in [0.717, 1.165) is 31.3 Å². The summed E-state index contributed by atoms with van der Waals surface area (Å²) in [5.74, 6) is 0. The minimum atomic E-state index is -0.213. The highest BCUT2D eigenvalue weighted by molar-refractivity contribution is 5.80. The minimum absolute atomic E-state index is 0.00991. The van der Waals surface area contributed by atoms with E-state index in [-0.39, 0.29) is 11.6 Å². The summed E-state index contributed by atoms with van der Waals surface area (Å²) >= 11 is 0. The number of likely N-dealkylation sites (tertiary alicyclic amines) is 1. The molecule has 1 aliphatic heterocycles. The normalized spacial score (nSPS) is 21.6. The first-order chi connectivity index (χ1) is 11.1. The average molecular weight is 315 g/mol. The monoisotopic (exact) mass is 315 g/mol. The van der Waals surface area contributed by atoms with Gasteiger partial charge in [-0.1, -0.05) is 6.07 Å². The topological polar surface area (TPSA) is 57.4 Å². The van der Waals surface area contributed by atoms with Gasteiger partial charge in [0.2, 0.25) is 0 Å². The molecule has 2 heterocycles. The second kappa shape index (κ2) is 6.62. The predicted molar refractivity (Wildman–Crippen MR) is 91.6 cm³/mol. The largest absolute Gasteiger partial charge is 0.377 e. The highest BCUT2D eigenvalue weighted by Gasteiger charge is 2.32. The lowest BCUT2D eigenvalue weighted by molar-refractivity contribution is -0.0401. The summed E-state index contributed by atoms with van der Waals surface area (Å²) in [6, 6.07) is 8.43. The highest BCUT2D eigenvalue weighted by atomic mass is 16.5. The maximum absolute atomic E-state index is 12.3. The van der Waals surface area contributed by atoms with Crippen molar-refractivity contribution in [2.75, 3.05) is 26.7 Å². The molecular formula is C18H25N3O2. The standard InChI is InChI=1S/C18H25N3O2/c1-18(23-2)8-3-11-21(13-18)17(22)20-9-6-14-4-5-16-15(12-14)7-10-19-16/h4-5,7,10,12,19H,3,6,8-9,11,13H2,1-2H3,(H,20,22)/t18-/m0/s1. The number of amides is 2. The number of H-pyrrole nitrogens is 1. The van der Waals surface area contributed by atoms with Crippen molar-refractivity contribution >= 4 is 16.9 Å². The number of benzene rings is 1. The lowest BCUT2D eigenvalue weighted by atomic mass is 9.95. The smallest absolute Gasteiger partial charge is 0.317 e. The number of ether oxygens (including phenoxy) is 1. The lowest BCUT2D eigenvalue weighted by Crippen LogP contribution is -2.52. The second-order valence-corrected chi connectivity index (χ2v) is 6.56. The van der Waals surface area contributed by atoms with Crippen molar-refractivity contribution in [3.63, 3.8) is 0 Å². The summed E-state index contributed by atoms with van der Waals surface area (Å²) in [5, 5.41) is 4.24. The molecule has 5 heteroatoms. The molecule has 0 unspecified atom stereocenters. The molecule has 1 atom stereocenters. The van der Waals surface area contributed by atoms with Crippen LogP contribution in [0.1, 0.15) is 25.3 Å². The Balaban J connectivity index is 1.50. The number of hydrogen-bond donors (Lipinski definition) is 2. The average Bonchev–Trinajstić information content (AvgIpc) is 3.02. The molecule has 1 aromatic heterocycles. The van der Waals surface area contributed by atoms with Crippen molar-refractivity contribution in [1.82, 2.24) is 15.2 Å². The first-order valence-electron chi connectivity index (χ1n) is 8.24. The van der Waals surface area contributed by atoms with Gasteiger partial charge in [0.25, 0.3) is 0 Å². The maximum Gasteiger partial charge on any atom is 0.317 e. The van der Waals surface area contributed by atoms with Crippen LogP contribution in [0.3, 0.4) is 0 Å². The van der Waals surface area contributed by atoms with E-state index >= 15 is 0 Å². The van der Waals surface area contributed by atoms with Crippen LogP contribution in [0.5, 0.6) is 0 Å². The summed E-state index contributed by atoms with van der Waals surface area (Å²) in [4.78, 5) is 17.4. The van der Waals surface area contributed by atoms with Gasteiger partial charge in [0.15, 0.2) is 0 Å². The van der Waals surface area contributed by atoms with Crippen molar-refractivity contribution in [3.8, 4) is 0 Å². The van der Waals surface area contributed by atoms with Crippen LogP contribution in [0.2, 0.25) is 0 Å². The van der Waals surface area contributed by atoms with Crippen LogP contribution < -0.4 is 5.32 Å². The van der Waals surface area contributed by atoms with E-state index in [9.17, 15) is 4.79 Å². The van der Waals surface area contributed by atoms with Crippen LogP contribution in [0.15, 0.2) is 30.5 Å². The number of carbonyl (C=O) groups excluding carboxylic acids is 1. The molecule has 0 aliphatic carbocycles. The third-order valence-electron chi connectivity index (χ3n) is 4.75. The quantitative estimate of drug-likeness (QED) is 0.911. The van der Waals surface area contributed by atoms with E-state index < -0.39 is 0 Å². The van der Waals surface area contributed by atoms with E-state index in [1.807, 2.05) is 11.1 Å². The Kier molecular flexibility index (Phi) is 4.57. The minimum Gasteiger partial charge on any atom is -0.377 e. The molecule has 2 aromatic rings. The predicted octanol–water partition coefficient (Wildman–Crippen LogP) is 2.92. The lowest BCUT2D eigenvalue weighted by Gasteiger charge is -2.39. The summed E-state index contributed by atoms with van der Waals surface area (Å²) in [5.41, 5.74) is 2.16. The molecule has 23 heavy (non-hydrogen) atoms. The van der Waals surface area contributed by atoms with Crippen LogP contribution >= 0.6 is 0 Å². The molecule has 124 valence electrons. The molecule has 2 amide bonds. The molecule has 0 radical (unpaired) electrons. The number of hydrogen-bond acceptors (Lipinski definition) is 2. The van der Waals surface area contributed by atoms with Crippen molar-refractivity contribution in [1.29, 1.82) is 0 Å². The fourth-order valence-corrected chi connectivity index (χ4v) is 3.23. The Morgan fingerprint density at radius 3 is 3.13 bits per heavy atom. The number of aromatic nitrogens is 1. The number of nitrogens with one attached hydrogen (secondary N) is 2. The summed E-state index contributed by atoms with van der Waals surface area (Å²) in [6.45, 7) is 4.18. The van der Waals surface area contributed by atoms with Gasteiger partial charge in [-0.05, 0) is 55.3 Å². The maximum atomic E-state index is 12.3. The fraction of sp³-hybridized carbons (Fsp3) is 0.500. The van der Waals surface area contributed by atoms with Gasteiger partial charge in [0, 0.05) is 31.9 Å². The van der Waals surface area contributed by atoms with Gasteiger partial charge >= 0.3 is 6.03 Å². The molecule has 1 saturated heterocycles. The zero-order valence-corrected chi connectivity index (χ0v) is 13.9. The van der Waals surface area contributed by atoms with Crippen molar-refractivity contribution in [2.24, 2.45) is 0 Å². The number of methoxy groups -OCH3 is 1. The van der Waals surface area contributed by atoms with E-state index in [4.69, 9.17) is 4.74 Å². The van der Waals surface area contributed by atoms with Gasteiger partial charge < -0.3 is 19.9 Å². The first-order valence-corrected chi connectivity index (χ1v) is 8.24. The second-order valence-electron chi connectivity index (χ2n) is 6.56. The van der Waals surface area contributed by atoms with Crippen molar-refractivity contribution in [3.05, 3.63) is 36.0 Å². The summed E-state index contributed by atoms with van der Waals surface area (Å²) in [7, 11) is 1.72. The fourth-order valence-electron chi connectivity index (χ4n) is 3.23. The van der Waals surface area contributed by atoms with Crippen LogP contribution in [-0.4, -0.2) is 48.3 Å². The van der Waals surface area contributed by atoms with Gasteiger partial charge in [-0.25, -0.2) is 4.79 Å². The van der Waals surface area contributed by atoms with Crippen molar-refractivity contribution < 1.29 is 9.53 Å². The van der Waals surface area contributed by atoms with Gasteiger partial charge in [-0.3, -0.25) is 0 Å². The van der Waals surface area contributed by atoms with Crippen LogP contribution in [-0.2, 0) is 11.2 Å². The van der Waals surface area contributed by atoms with E-state index in [1.165, 1.54) is 10.9 Å². The molecule has 2 N–H and O–H groups in total. The number of piperidine rings is 1. The molecule has 0 saturated carbocycles. The van der Waals surface area contributed by atoms with Crippen molar-refractivity contribution in [2.45, 2.75) is 31.8 Å².